The monoisotopic (exact) mass is 381 g/mol. The molecule has 0 saturated carbocycles. The van der Waals surface area contributed by atoms with Crippen LogP contribution in [0.5, 0.6) is 0 Å². The molecular weight excluding hydrogens is 374 g/mol. The fourth-order valence-electron chi connectivity index (χ4n) is 1.79. The third-order valence-corrected chi connectivity index (χ3v) is 3.67. The van der Waals surface area contributed by atoms with Gasteiger partial charge in [0.05, 0.1) is 5.56 Å². The van der Waals surface area contributed by atoms with E-state index in [2.05, 4.69) is 21.2 Å². The zero-order chi connectivity index (χ0) is 15.6. The molecule has 0 heterocycles. The Hall–Kier alpha value is -1.27. The molecule has 0 aliphatic carbocycles. The molecule has 21 heavy (non-hydrogen) atoms. The molecule has 0 fully saturated rings. The van der Waals surface area contributed by atoms with Crippen molar-refractivity contribution < 1.29 is 17.6 Å². The summed E-state index contributed by atoms with van der Waals surface area (Å²) < 4.78 is 52.2. The number of hydrogen-bond acceptors (Lipinski definition) is 1. The molecular formula is C14H9BrClF4N. The molecule has 0 unspecified atom stereocenters. The smallest absolute Gasteiger partial charge is 0.380 e. The summed E-state index contributed by atoms with van der Waals surface area (Å²) in [6.07, 6.45) is -4.60. The van der Waals surface area contributed by atoms with Crippen LogP contribution in [0, 0.1) is 5.82 Å². The van der Waals surface area contributed by atoms with Gasteiger partial charge in [-0.05, 0) is 51.8 Å². The standard InChI is InChI=1S/C14H9BrClF4N/c15-12-5-9(16)2-4-13(12)21-7-8-1-3-10(17)6-11(8)14(18,19)20/h1-6,21H,7H2. The molecule has 0 bridgehead atoms. The topological polar surface area (TPSA) is 12.0 Å². The second-order valence-electron chi connectivity index (χ2n) is 4.28. The quantitative estimate of drug-likeness (QED) is 0.654. The van der Waals surface area contributed by atoms with Crippen molar-refractivity contribution in [3.05, 3.63) is 62.8 Å². The first-order valence-corrected chi connectivity index (χ1v) is 6.99. The lowest BCUT2D eigenvalue weighted by atomic mass is 10.1. The summed E-state index contributed by atoms with van der Waals surface area (Å²) in [5.41, 5.74) is -0.428. The molecule has 1 N–H and O–H groups in total. The predicted octanol–water partition coefficient (Wildman–Crippen LogP) is 5.87. The van der Waals surface area contributed by atoms with Crippen molar-refractivity contribution in [2.24, 2.45) is 0 Å². The summed E-state index contributed by atoms with van der Waals surface area (Å²) in [5, 5.41) is 3.37. The molecule has 0 aliphatic rings. The van der Waals surface area contributed by atoms with E-state index in [1.165, 1.54) is 0 Å². The number of alkyl halides is 3. The van der Waals surface area contributed by atoms with E-state index in [1.54, 1.807) is 18.2 Å². The number of benzene rings is 2. The van der Waals surface area contributed by atoms with E-state index < -0.39 is 17.6 Å². The van der Waals surface area contributed by atoms with Gasteiger partial charge in [0.15, 0.2) is 0 Å². The third-order valence-electron chi connectivity index (χ3n) is 2.78. The largest absolute Gasteiger partial charge is 0.416 e. The highest BCUT2D eigenvalue weighted by Crippen LogP contribution is 2.33. The SMILES string of the molecule is Fc1ccc(CNc2ccc(Cl)cc2Br)c(C(F)(F)F)c1. The first-order chi connectivity index (χ1) is 9.77. The van der Waals surface area contributed by atoms with Crippen LogP contribution in [0.2, 0.25) is 5.02 Å². The Labute approximate surface area is 132 Å². The van der Waals surface area contributed by atoms with Gasteiger partial charge >= 0.3 is 6.18 Å². The minimum absolute atomic E-state index is 0.0363. The zero-order valence-corrected chi connectivity index (χ0v) is 12.8. The van der Waals surface area contributed by atoms with Crippen LogP contribution in [-0.2, 0) is 12.7 Å². The highest BCUT2D eigenvalue weighted by Gasteiger charge is 2.33. The summed E-state index contributed by atoms with van der Waals surface area (Å²) in [4.78, 5) is 0. The number of rotatable bonds is 3. The van der Waals surface area contributed by atoms with Crippen LogP contribution in [0.1, 0.15) is 11.1 Å². The molecule has 0 radical (unpaired) electrons. The van der Waals surface area contributed by atoms with Crippen molar-refractivity contribution in [1.82, 2.24) is 0 Å². The lowest BCUT2D eigenvalue weighted by Gasteiger charge is -2.15. The third kappa shape index (κ3) is 4.11. The van der Waals surface area contributed by atoms with Crippen LogP contribution < -0.4 is 5.32 Å². The number of nitrogens with one attached hydrogen (secondary N) is 1. The van der Waals surface area contributed by atoms with Crippen molar-refractivity contribution >= 4 is 33.2 Å². The molecule has 0 atom stereocenters. The van der Waals surface area contributed by atoms with Gasteiger partial charge in [0.2, 0.25) is 0 Å². The van der Waals surface area contributed by atoms with Gasteiger partial charge < -0.3 is 5.32 Å². The summed E-state index contributed by atoms with van der Waals surface area (Å²) in [6.45, 7) is -0.0879. The maximum atomic E-state index is 13.0. The first kappa shape index (κ1) is 16.1. The van der Waals surface area contributed by atoms with Gasteiger partial charge in [-0.15, -0.1) is 0 Å². The molecule has 2 aromatic carbocycles. The van der Waals surface area contributed by atoms with E-state index in [0.29, 0.717) is 21.2 Å². The molecule has 0 aromatic heterocycles. The number of hydrogen-bond donors (Lipinski definition) is 1. The molecule has 2 aromatic rings. The average molecular weight is 383 g/mol. The summed E-state index contributed by atoms with van der Waals surface area (Å²) >= 11 is 9.05. The summed E-state index contributed by atoms with van der Waals surface area (Å²) in [6, 6.07) is 7.50. The number of anilines is 1. The van der Waals surface area contributed by atoms with Crippen LogP contribution in [0.4, 0.5) is 23.2 Å². The second-order valence-corrected chi connectivity index (χ2v) is 5.57. The predicted molar refractivity (Wildman–Crippen MR) is 77.9 cm³/mol. The Morgan fingerprint density at radius 1 is 1.10 bits per heavy atom. The van der Waals surface area contributed by atoms with Crippen LogP contribution in [0.15, 0.2) is 40.9 Å². The van der Waals surface area contributed by atoms with Gasteiger partial charge in [0, 0.05) is 21.7 Å². The average Bonchev–Trinajstić information content (AvgIpc) is 2.38. The fraction of sp³-hybridized carbons (Fsp3) is 0.143. The zero-order valence-electron chi connectivity index (χ0n) is 10.4. The van der Waals surface area contributed by atoms with E-state index in [4.69, 9.17) is 11.6 Å². The van der Waals surface area contributed by atoms with E-state index in [9.17, 15) is 17.6 Å². The van der Waals surface area contributed by atoms with Gasteiger partial charge in [-0.1, -0.05) is 17.7 Å². The highest BCUT2D eigenvalue weighted by atomic mass is 79.9. The molecule has 0 aliphatic heterocycles. The van der Waals surface area contributed by atoms with E-state index in [0.717, 1.165) is 12.1 Å². The van der Waals surface area contributed by atoms with Crippen molar-refractivity contribution in [3.63, 3.8) is 0 Å². The molecule has 0 amide bonds. The van der Waals surface area contributed by atoms with Gasteiger partial charge in [0.25, 0.3) is 0 Å². The van der Waals surface area contributed by atoms with Gasteiger partial charge in [-0.25, -0.2) is 4.39 Å². The summed E-state index contributed by atoms with van der Waals surface area (Å²) in [5.74, 6) is -0.918. The first-order valence-electron chi connectivity index (χ1n) is 5.82. The number of halogens is 6. The summed E-state index contributed by atoms with van der Waals surface area (Å²) in [7, 11) is 0. The van der Waals surface area contributed by atoms with Crippen LogP contribution in [0.25, 0.3) is 0 Å². The maximum Gasteiger partial charge on any atom is 0.416 e. The molecule has 0 saturated heterocycles. The Morgan fingerprint density at radius 2 is 1.81 bits per heavy atom. The van der Waals surface area contributed by atoms with E-state index in [1.807, 2.05) is 0 Å². The van der Waals surface area contributed by atoms with Gasteiger partial charge in [-0.3, -0.25) is 0 Å². The highest BCUT2D eigenvalue weighted by molar-refractivity contribution is 9.10. The van der Waals surface area contributed by atoms with Crippen LogP contribution >= 0.6 is 27.5 Å². The maximum absolute atomic E-state index is 13.0. The lowest BCUT2D eigenvalue weighted by molar-refractivity contribution is -0.138. The van der Waals surface area contributed by atoms with Gasteiger partial charge in [-0.2, -0.15) is 13.2 Å². The van der Waals surface area contributed by atoms with Crippen molar-refractivity contribution in [2.75, 3.05) is 5.32 Å². The Bertz CT molecular complexity index is 658. The fourth-order valence-corrected chi connectivity index (χ4v) is 2.61. The molecule has 112 valence electrons. The molecule has 0 spiro atoms. The lowest BCUT2D eigenvalue weighted by Crippen LogP contribution is -2.12. The minimum atomic E-state index is -4.60. The molecule has 1 nitrogen and oxygen atoms in total. The van der Waals surface area contributed by atoms with Crippen molar-refractivity contribution in [2.45, 2.75) is 12.7 Å². The second kappa shape index (κ2) is 6.23. The minimum Gasteiger partial charge on any atom is -0.380 e. The molecule has 7 heteroatoms. The van der Waals surface area contributed by atoms with Gasteiger partial charge in [0.1, 0.15) is 5.82 Å². The van der Waals surface area contributed by atoms with E-state index >= 15 is 0 Å². The van der Waals surface area contributed by atoms with Crippen molar-refractivity contribution in [1.29, 1.82) is 0 Å². The Morgan fingerprint density at radius 3 is 2.43 bits per heavy atom. The van der Waals surface area contributed by atoms with Crippen LogP contribution in [-0.4, -0.2) is 0 Å². The Balaban J connectivity index is 2.24. The Kier molecular flexibility index (Phi) is 4.78. The molecule has 2 rings (SSSR count). The van der Waals surface area contributed by atoms with Crippen LogP contribution in [0.3, 0.4) is 0 Å². The van der Waals surface area contributed by atoms with Crippen molar-refractivity contribution in [3.8, 4) is 0 Å². The van der Waals surface area contributed by atoms with E-state index in [-0.39, 0.29) is 12.1 Å². The normalized spacial score (nSPS) is 11.5.